The summed E-state index contributed by atoms with van der Waals surface area (Å²) in [5.74, 6) is -0.134. The van der Waals surface area contributed by atoms with Gasteiger partial charge in [0, 0.05) is 25.4 Å². The SMILES string of the molecule is Cc1ccc(-c2cc(C(=O)NCCn3ccc(C)n3)c3c(C)nn(C)c3n2)cc1. The molecule has 4 rings (SSSR count). The lowest BCUT2D eigenvalue weighted by Gasteiger charge is -2.10. The van der Waals surface area contributed by atoms with E-state index in [1.54, 1.807) is 4.68 Å². The first kappa shape index (κ1) is 18.9. The molecule has 0 saturated carbocycles. The summed E-state index contributed by atoms with van der Waals surface area (Å²) in [5, 5.41) is 12.6. The number of amides is 1. The first-order valence-corrected chi connectivity index (χ1v) is 9.62. The van der Waals surface area contributed by atoms with Crippen LogP contribution in [0.3, 0.4) is 0 Å². The zero-order valence-corrected chi connectivity index (χ0v) is 17.1. The van der Waals surface area contributed by atoms with E-state index in [1.165, 1.54) is 5.56 Å². The van der Waals surface area contributed by atoms with Crippen LogP contribution in [0.5, 0.6) is 0 Å². The number of rotatable bonds is 5. The van der Waals surface area contributed by atoms with Crippen LogP contribution in [0.25, 0.3) is 22.3 Å². The van der Waals surface area contributed by atoms with Crippen LogP contribution in [0.4, 0.5) is 0 Å². The molecule has 3 heterocycles. The summed E-state index contributed by atoms with van der Waals surface area (Å²) < 4.78 is 3.55. The minimum atomic E-state index is -0.134. The van der Waals surface area contributed by atoms with Gasteiger partial charge in [-0.25, -0.2) is 4.98 Å². The number of carbonyl (C=O) groups is 1. The summed E-state index contributed by atoms with van der Waals surface area (Å²) in [6.07, 6.45) is 1.91. The van der Waals surface area contributed by atoms with Gasteiger partial charge in [0.1, 0.15) is 0 Å². The predicted octanol–water partition coefficient (Wildman–Crippen LogP) is 3.19. The zero-order valence-electron chi connectivity index (χ0n) is 17.1. The van der Waals surface area contributed by atoms with Gasteiger partial charge in [0.25, 0.3) is 5.91 Å². The number of nitrogens with zero attached hydrogens (tertiary/aromatic N) is 5. The largest absolute Gasteiger partial charge is 0.350 e. The van der Waals surface area contributed by atoms with E-state index in [0.717, 1.165) is 28.0 Å². The van der Waals surface area contributed by atoms with Crippen molar-refractivity contribution in [2.45, 2.75) is 27.3 Å². The molecule has 0 saturated heterocycles. The number of hydrogen-bond acceptors (Lipinski definition) is 4. The van der Waals surface area contributed by atoms with Crippen LogP contribution in [-0.2, 0) is 13.6 Å². The molecule has 3 aromatic heterocycles. The van der Waals surface area contributed by atoms with E-state index in [9.17, 15) is 4.79 Å². The Morgan fingerprint density at radius 2 is 1.83 bits per heavy atom. The standard InChI is InChI=1S/C22H24N6O/c1-14-5-7-17(8-6-14)19-13-18(20-16(3)26-27(4)21(20)24-19)22(29)23-10-12-28-11-9-15(2)25-28/h5-9,11,13H,10,12H2,1-4H3,(H,23,29). The second-order valence-electron chi connectivity index (χ2n) is 7.30. The minimum Gasteiger partial charge on any atom is -0.350 e. The number of aryl methyl sites for hydroxylation is 4. The average molecular weight is 388 g/mol. The van der Waals surface area contributed by atoms with Crippen molar-refractivity contribution in [1.82, 2.24) is 29.9 Å². The van der Waals surface area contributed by atoms with E-state index < -0.39 is 0 Å². The molecule has 1 N–H and O–H groups in total. The Morgan fingerprint density at radius 3 is 2.52 bits per heavy atom. The lowest BCUT2D eigenvalue weighted by Crippen LogP contribution is -2.27. The summed E-state index contributed by atoms with van der Waals surface area (Å²) in [5.41, 5.74) is 5.95. The molecular formula is C22H24N6O. The molecule has 7 heteroatoms. The van der Waals surface area contributed by atoms with Gasteiger partial charge in [-0.15, -0.1) is 0 Å². The quantitative estimate of drug-likeness (QED) is 0.570. The molecule has 29 heavy (non-hydrogen) atoms. The van der Waals surface area contributed by atoms with Crippen LogP contribution in [0.1, 0.15) is 27.3 Å². The zero-order chi connectivity index (χ0) is 20.5. The Morgan fingerprint density at radius 1 is 1.07 bits per heavy atom. The topological polar surface area (TPSA) is 77.6 Å². The summed E-state index contributed by atoms with van der Waals surface area (Å²) in [4.78, 5) is 17.8. The fourth-order valence-electron chi connectivity index (χ4n) is 3.46. The van der Waals surface area contributed by atoms with Crippen LogP contribution in [-0.4, -0.2) is 37.0 Å². The molecule has 0 radical (unpaired) electrons. The number of fused-ring (bicyclic) bond motifs is 1. The molecule has 148 valence electrons. The van der Waals surface area contributed by atoms with Crippen molar-refractivity contribution in [2.75, 3.05) is 6.54 Å². The van der Waals surface area contributed by atoms with Crippen molar-refractivity contribution < 1.29 is 4.79 Å². The first-order valence-electron chi connectivity index (χ1n) is 9.62. The Balaban J connectivity index is 1.67. The van der Waals surface area contributed by atoms with Crippen molar-refractivity contribution in [1.29, 1.82) is 0 Å². The molecule has 0 unspecified atom stereocenters. The first-order chi connectivity index (χ1) is 13.9. The molecule has 1 amide bonds. The smallest absolute Gasteiger partial charge is 0.252 e. The number of hydrogen-bond donors (Lipinski definition) is 1. The molecular weight excluding hydrogens is 364 g/mol. The number of pyridine rings is 1. The number of carbonyl (C=O) groups excluding carboxylic acids is 1. The van der Waals surface area contributed by atoms with E-state index in [2.05, 4.69) is 15.5 Å². The van der Waals surface area contributed by atoms with Gasteiger partial charge < -0.3 is 5.32 Å². The number of nitrogens with one attached hydrogen (secondary N) is 1. The molecule has 4 aromatic rings. The highest BCUT2D eigenvalue weighted by atomic mass is 16.1. The van der Waals surface area contributed by atoms with Gasteiger partial charge in [-0.05, 0) is 32.9 Å². The van der Waals surface area contributed by atoms with Crippen LogP contribution < -0.4 is 5.32 Å². The van der Waals surface area contributed by atoms with Gasteiger partial charge in [0.05, 0.1) is 34.6 Å². The van der Waals surface area contributed by atoms with Gasteiger partial charge >= 0.3 is 0 Å². The maximum absolute atomic E-state index is 13.0. The average Bonchev–Trinajstić information content (AvgIpc) is 3.24. The lowest BCUT2D eigenvalue weighted by molar-refractivity contribution is 0.0953. The molecule has 0 aliphatic rings. The third-order valence-electron chi connectivity index (χ3n) is 4.96. The fraction of sp³-hybridized carbons (Fsp3) is 0.273. The lowest BCUT2D eigenvalue weighted by atomic mass is 10.0. The third-order valence-corrected chi connectivity index (χ3v) is 4.96. The van der Waals surface area contributed by atoms with Crippen LogP contribution in [0.15, 0.2) is 42.6 Å². The number of aromatic nitrogens is 5. The highest BCUT2D eigenvalue weighted by Gasteiger charge is 2.19. The fourth-order valence-corrected chi connectivity index (χ4v) is 3.46. The van der Waals surface area contributed by atoms with Gasteiger partial charge in [0.2, 0.25) is 0 Å². The summed E-state index contributed by atoms with van der Waals surface area (Å²) in [7, 11) is 1.85. The minimum absolute atomic E-state index is 0.134. The Bertz CT molecular complexity index is 1190. The van der Waals surface area contributed by atoms with Crippen molar-refractivity contribution in [3.05, 3.63) is 65.1 Å². The second kappa shape index (κ2) is 7.50. The van der Waals surface area contributed by atoms with E-state index >= 15 is 0 Å². The Hall–Kier alpha value is -3.48. The normalized spacial score (nSPS) is 11.2. The molecule has 0 aliphatic carbocycles. The van der Waals surface area contributed by atoms with Crippen molar-refractivity contribution in [3.63, 3.8) is 0 Å². The van der Waals surface area contributed by atoms with E-state index in [-0.39, 0.29) is 5.91 Å². The van der Waals surface area contributed by atoms with Crippen LogP contribution in [0, 0.1) is 20.8 Å². The van der Waals surface area contributed by atoms with Crippen molar-refractivity contribution in [2.24, 2.45) is 7.05 Å². The highest BCUT2D eigenvalue weighted by Crippen LogP contribution is 2.27. The van der Waals surface area contributed by atoms with Gasteiger partial charge in [-0.1, -0.05) is 29.8 Å². The van der Waals surface area contributed by atoms with Gasteiger partial charge in [-0.3, -0.25) is 14.2 Å². The van der Waals surface area contributed by atoms with Gasteiger partial charge in [0.15, 0.2) is 5.65 Å². The van der Waals surface area contributed by atoms with Crippen LogP contribution >= 0.6 is 0 Å². The van der Waals surface area contributed by atoms with E-state index in [4.69, 9.17) is 4.98 Å². The predicted molar refractivity (Wildman–Crippen MR) is 113 cm³/mol. The summed E-state index contributed by atoms with van der Waals surface area (Å²) in [6.45, 7) is 7.00. The Kier molecular flexibility index (Phi) is 4.88. The third kappa shape index (κ3) is 3.76. The molecule has 7 nitrogen and oxygen atoms in total. The monoisotopic (exact) mass is 388 g/mol. The Labute approximate surface area is 169 Å². The van der Waals surface area contributed by atoms with Crippen molar-refractivity contribution in [3.8, 4) is 11.3 Å². The molecule has 0 fully saturated rings. The number of benzene rings is 1. The summed E-state index contributed by atoms with van der Waals surface area (Å²) in [6, 6.07) is 11.9. The van der Waals surface area contributed by atoms with Crippen LogP contribution in [0.2, 0.25) is 0 Å². The molecule has 0 aliphatic heterocycles. The highest BCUT2D eigenvalue weighted by molar-refractivity contribution is 6.07. The molecule has 0 atom stereocenters. The molecule has 0 bridgehead atoms. The van der Waals surface area contributed by atoms with Gasteiger partial charge in [-0.2, -0.15) is 10.2 Å². The van der Waals surface area contributed by atoms with Crippen molar-refractivity contribution >= 4 is 16.9 Å². The molecule has 0 spiro atoms. The maximum Gasteiger partial charge on any atom is 0.252 e. The summed E-state index contributed by atoms with van der Waals surface area (Å²) >= 11 is 0. The van der Waals surface area contributed by atoms with E-state index in [0.29, 0.717) is 24.3 Å². The second-order valence-corrected chi connectivity index (χ2v) is 7.30. The van der Waals surface area contributed by atoms with E-state index in [1.807, 2.05) is 75.1 Å². The maximum atomic E-state index is 13.0. The molecule has 1 aromatic carbocycles.